The van der Waals surface area contributed by atoms with Crippen molar-refractivity contribution in [2.75, 3.05) is 66.2 Å². The highest BCUT2D eigenvalue weighted by Gasteiger charge is 2.31. The minimum Gasteiger partial charge on any atom is -0.384 e. The molecule has 7 nitrogen and oxygen atoms in total. The van der Waals surface area contributed by atoms with E-state index in [1.807, 2.05) is 0 Å². The topological polar surface area (TPSA) is 63.9 Å². The van der Waals surface area contributed by atoms with Gasteiger partial charge in [0.2, 0.25) is 5.89 Å². The summed E-state index contributed by atoms with van der Waals surface area (Å²) in [5, 5.41) is 4.10. The molecule has 2 fully saturated rings. The number of piperidine rings is 1. The lowest BCUT2D eigenvalue weighted by atomic mass is 9.89. The number of hydrogen-bond acceptors (Lipinski definition) is 7. The Bertz CT molecular complexity index is 543. The van der Waals surface area contributed by atoms with Crippen molar-refractivity contribution in [2.45, 2.75) is 39.0 Å². The number of hydrogen-bond donors (Lipinski definition) is 0. The van der Waals surface area contributed by atoms with Gasteiger partial charge in [0.1, 0.15) is 0 Å². The van der Waals surface area contributed by atoms with Crippen molar-refractivity contribution in [3.05, 3.63) is 11.7 Å². The van der Waals surface area contributed by atoms with Crippen molar-refractivity contribution < 1.29 is 14.0 Å². The molecule has 7 heteroatoms. The Kier molecular flexibility index (Phi) is 7.03. The quantitative estimate of drug-likeness (QED) is 0.695. The van der Waals surface area contributed by atoms with Gasteiger partial charge in [-0.15, -0.1) is 0 Å². The van der Waals surface area contributed by atoms with Gasteiger partial charge in [0.25, 0.3) is 0 Å². The molecule has 0 aliphatic carbocycles. The highest BCUT2D eigenvalue weighted by molar-refractivity contribution is 4.98. The van der Waals surface area contributed by atoms with Gasteiger partial charge < -0.3 is 18.9 Å². The summed E-state index contributed by atoms with van der Waals surface area (Å²) in [5.74, 6) is 1.91. The Labute approximate surface area is 157 Å². The van der Waals surface area contributed by atoms with Crippen LogP contribution >= 0.6 is 0 Å². The molecule has 0 amide bonds. The van der Waals surface area contributed by atoms with Gasteiger partial charge in [-0.2, -0.15) is 4.98 Å². The van der Waals surface area contributed by atoms with Crippen LogP contribution in [0.3, 0.4) is 0 Å². The molecular formula is C19H34N4O3. The van der Waals surface area contributed by atoms with Gasteiger partial charge in [-0.05, 0) is 24.8 Å². The second-order valence-electron chi connectivity index (χ2n) is 8.42. The second-order valence-corrected chi connectivity index (χ2v) is 8.42. The average Bonchev–Trinajstić information content (AvgIpc) is 3.09. The summed E-state index contributed by atoms with van der Waals surface area (Å²) in [6.07, 6.45) is 3.03. The van der Waals surface area contributed by atoms with E-state index in [1.54, 1.807) is 7.11 Å². The SMILES string of the molecule is COCCc1noc(C2CCCN(CC(C)(C)CN3CCOCC3)C2)n1. The highest BCUT2D eigenvalue weighted by Crippen LogP contribution is 2.28. The molecule has 2 saturated heterocycles. The van der Waals surface area contributed by atoms with Crippen LogP contribution in [0.15, 0.2) is 4.52 Å². The van der Waals surface area contributed by atoms with Gasteiger partial charge in [-0.1, -0.05) is 19.0 Å². The first-order chi connectivity index (χ1) is 12.6. The van der Waals surface area contributed by atoms with E-state index >= 15 is 0 Å². The van der Waals surface area contributed by atoms with Gasteiger partial charge in [0.15, 0.2) is 5.82 Å². The summed E-state index contributed by atoms with van der Waals surface area (Å²) in [4.78, 5) is 9.70. The van der Waals surface area contributed by atoms with E-state index in [9.17, 15) is 0 Å². The molecule has 0 radical (unpaired) electrons. The van der Waals surface area contributed by atoms with Crippen LogP contribution in [0, 0.1) is 5.41 Å². The minimum absolute atomic E-state index is 0.262. The molecule has 0 N–H and O–H groups in total. The molecule has 0 spiro atoms. The Morgan fingerprint density at radius 2 is 1.92 bits per heavy atom. The van der Waals surface area contributed by atoms with Crippen LogP contribution in [0.5, 0.6) is 0 Å². The van der Waals surface area contributed by atoms with Crippen LogP contribution in [0.1, 0.15) is 44.3 Å². The third kappa shape index (κ3) is 5.74. The fourth-order valence-electron chi connectivity index (χ4n) is 4.15. The zero-order valence-corrected chi connectivity index (χ0v) is 16.6. The standard InChI is InChI=1S/C19H34N4O3/c1-19(2,14-22-8-11-25-12-9-22)15-23-7-4-5-16(13-23)18-20-17(21-26-18)6-10-24-3/h16H,4-15H2,1-3H3. The number of ether oxygens (including phenoxy) is 2. The lowest BCUT2D eigenvalue weighted by Crippen LogP contribution is -2.47. The monoisotopic (exact) mass is 366 g/mol. The summed E-state index contributed by atoms with van der Waals surface area (Å²) >= 11 is 0. The van der Waals surface area contributed by atoms with Crippen molar-refractivity contribution in [1.29, 1.82) is 0 Å². The first-order valence-electron chi connectivity index (χ1n) is 9.89. The molecule has 3 rings (SSSR count). The number of methoxy groups -OCH3 is 1. The number of rotatable bonds is 8. The van der Waals surface area contributed by atoms with Gasteiger partial charge >= 0.3 is 0 Å². The van der Waals surface area contributed by atoms with E-state index in [-0.39, 0.29) is 5.41 Å². The summed E-state index contributed by atoms with van der Waals surface area (Å²) in [6, 6.07) is 0. The van der Waals surface area contributed by atoms with E-state index < -0.39 is 0 Å². The van der Waals surface area contributed by atoms with Gasteiger partial charge in [0.05, 0.1) is 25.7 Å². The number of nitrogens with zero attached hydrogens (tertiary/aromatic N) is 4. The van der Waals surface area contributed by atoms with E-state index in [4.69, 9.17) is 14.0 Å². The third-order valence-corrected chi connectivity index (χ3v) is 5.28. The molecule has 1 aromatic heterocycles. The maximum absolute atomic E-state index is 5.54. The number of aromatic nitrogens is 2. The normalized spacial score (nSPS) is 23.4. The molecule has 2 aliphatic heterocycles. The highest BCUT2D eigenvalue weighted by atomic mass is 16.5. The Morgan fingerprint density at radius 3 is 2.69 bits per heavy atom. The second kappa shape index (κ2) is 9.26. The maximum Gasteiger partial charge on any atom is 0.231 e. The molecule has 2 aliphatic rings. The van der Waals surface area contributed by atoms with E-state index in [0.717, 1.165) is 70.6 Å². The predicted octanol–water partition coefficient (Wildman–Crippen LogP) is 1.80. The van der Waals surface area contributed by atoms with Crippen molar-refractivity contribution >= 4 is 0 Å². The molecule has 0 aromatic carbocycles. The number of morpholine rings is 1. The lowest BCUT2D eigenvalue weighted by Gasteiger charge is -2.40. The summed E-state index contributed by atoms with van der Waals surface area (Å²) in [7, 11) is 1.69. The fraction of sp³-hybridized carbons (Fsp3) is 0.895. The fourth-order valence-corrected chi connectivity index (χ4v) is 4.15. The summed E-state index contributed by atoms with van der Waals surface area (Å²) in [6.45, 7) is 13.6. The molecule has 148 valence electrons. The summed E-state index contributed by atoms with van der Waals surface area (Å²) in [5.41, 5.74) is 0.262. The van der Waals surface area contributed by atoms with E-state index in [2.05, 4.69) is 33.8 Å². The molecule has 0 bridgehead atoms. The smallest absolute Gasteiger partial charge is 0.231 e. The van der Waals surface area contributed by atoms with Gasteiger partial charge in [0, 0.05) is 46.3 Å². The largest absolute Gasteiger partial charge is 0.384 e. The maximum atomic E-state index is 5.54. The lowest BCUT2D eigenvalue weighted by molar-refractivity contribution is 0.0129. The van der Waals surface area contributed by atoms with Crippen LogP contribution in [0.4, 0.5) is 0 Å². The van der Waals surface area contributed by atoms with Crippen LogP contribution in [-0.2, 0) is 15.9 Å². The molecular weight excluding hydrogens is 332 g/mol. The predicted molar refractivity (Wildman–Crippen MR) is 99.3 cm³/mol. The van der Waals surface area contributed by atoms with Crippen molar-refractivity contribution in [2.24, 2.45) is 5.41 Å². The first kappa shape index (κ1) is 19.7. The molecule has 1 aromatic rings. The molecule has 1 unspecified atom stereocenters. The first-order valence-corrected chi connectivity index (χ1v) is 9.89. The van der Waals surface area contributed by atoms with Crippen LogP contribution in [0.2, 0.25) is 0 Å². The van der Waals surface area contributed by atoms with Crippen molar-refractivity contribution in [3.8, 4) is 0 Å². The molecule has 0 saturated carbocycles. The van der Waals surface area contributed by atoms with Gasteiger partial charge in [-0.3, -0.25) is 4.90 Å². The van der Waals surface area contributed by atoms with Crippen molar-refractivity contribution in [3.63, 3.8) is 0 Å². The number of likely N-dealkylation sites (tertiary alicyclic amines) is 1. The Morgan fingerprint density at radius 1 is 1.15 bits per heavy atom. The summed E-state index contributed by atoms with van der Waals surface area (Å²) < 4.78 is 16.1. The molecule has 1 atom stereocenters. The average molecular weight is 367 g/mol. The van der Waals surface area contributed by atoms with E-state index in [0.29, 0.717) is 18.9 Å². The van der Waals surface area contributed by atoms with Gasteiger partial charge in [-0.25, -0.2) is 0 Å². The Hall–Kier alpha value is -1.02. The van der Waals surface area contributed by atoms with Crippen LogP contribution < -0.4 is 0 Å². The third-order valence-electron chi connectivity index (χ3n) is 5.28. The minimum atomic E-state index is 0.262. The van der Waals surface area contributed by atoms with Crippen molar-refractivity contribution in [1.82, 2.24) is 19.9 Å². The van der Waals surface area contributed by atoms with E-state index in [1.165, 1.54) is 6.42 Å². The molecule has 26 heavy (non-hydrogen) atoms. The zero-order chi connectivity index (χ0) is 18.4. The Balaban J connectivity index is 1.51. The van der Waals surface area contributed by atoms with Crippen LogP contribution in [-0.4, -0.2) is 86.1 Å². The van der Waals surface area contributed by atoms with Crippen LogP contribution in [0.25, 0.3) is 0 Å². The zero-order valence-electron chi connectivity index (χ0n) is 16.6. The molecule has 3 heterocycles.